The average molecular weight is 499 g/mol. The van der Waals surface area contributed by atoms with Crippen molar-refractivity contribution in [1.29, 1.82) is 0 Å². The molecule has 0 fully saturated rings. The lowest BCUT2D eigenvalue weighted by molar-refractivity contribution is -0.141. The average Bonchev–Trinajstić information content (AvgIpc) is 3.18. The quantitative estimate of drug-likeness (QED) is 0.451. The lowest BCUT2D eigenvalue weighted by Gasteiger charge is -2.40. The fourth-order valence-corrected chi connectivity index (χ4v) is 4.22. The predicted octanol–water partition coefficient (Wildman–Crippen LogP) is 4.31. The molecule has 0 saturated heterocycles. The van der Waals surface area contributed by atoms with E-state index in [1.54, 1.807) is 35.4 Å². The Morgan fingerprint density at radius 1 is 1.11 bits per heavy atom. The molecule has 2 aromatic carbocycles. The number of nitrogens with zero attached hydrogens (tertiary/aromatic N) is 3. The third-order valence-corrected chi connectivity index (χ3v) is 5.73. The standard InChI is InChI=1S/C27H32F2N4O3/c1-27(2,3)25(33(12-11-23(30)34)24(35)17-36-4)26-31-22(19-8-6-10-21(29)14-19)16-32(26)15-18-7-5-9-20(28)13-18/h5-10,13-14,16,25H,11-12,15,17H2,1-4H3,(H2,30,34)/t25-/m0/s1. The van der Waals surface area contributed by atoms with Crippen molar-refractivity contribution in [2.75, 3.05) is 20.3 Å². The van der Waals surface area contributed by atoms with Crippen LogP contribution in [-0.2, 0) is 20.9 Å². The number of hydrogen-bond acceptors (Lipinski definition) is 4. The minimum atomic E-state index is -0.602. The third kappa shape index (κ3) is 6.75. The smallest absolute Gasteiger partial charge is 0.249 e. The summed E-state index contributed by atoms with van der Waals surface area (Å²) in [7, 11) is 1.42. The van der Waals surface area contributed by atoms with Gasteiger partial charge in [0, 0.05) is 38.4 Å². The van der Waals surface area contributed by atoms with Gasteiger partial charge in [-0.2, -0.15) is 0 Å². The van der Waals surface area contributed by atoms with E-state index in [9.17, 15) is 18.4 Å². The largest absolute Gasteiger partial charge is 0.375 e. The highest BCUT2D eigenvalue weighted by atomic mass is 19.1. The number of aromatic nitrogens is 2. The number of ether oxygens (including phenoxy) is 1. The third-order valence-electron chi connectivity index (χ3n) is 5.73. The molecule has 1 atom stereocenters. The van der Waals surface area contributed by atoms with Crippen LogP contribution in [0.15, 0.2) is 54.7 Å². The van der Waals surface area contributed by atoms with Gasteiger partial charge in [-0.15, -0.1) is 0 Å². The summed E-state index contributed by atoms with van der Waals surface area (Å²) in [5, 5.41) is 0. The predicted molar refractivity (Wildman–Crippen MR) is 133 cm³/mol. The zero-order valence-electron chi connectivity index (χ0n) is 21.0. The van der Waals surface area contributed by atoms with Gasteiger partial charge in [0.25, 0.3) is 0 Å². The van der Waals surface area contributed by atoms with E-state index in [1.165, 1.54) is 31.4 Å². The molecule has 192 valence electrons. The van der Waals surface area contributed by atoms with Crippen LogP contribution in [0, 0.1) is 17.0 Å². The van der Waals surface area contributed by atoms with Gasteiger partial charge in [-0.3, -0.25) is 9.59 Å². The molecule has 3 aromatic rings. The molecule has 3 rings (SSSR count). The summed E-state index contributed by atoms with van der Waals surface area (Å²) in [5.74, 6) is -1.13. The van der Waals surface area contributed by atoms with Crippen LogP contribution < -0.4 is 5.73 Å². The number of primary amides is 1. The van der Waals surface area contributed by atoms with E-state index in [1.807, 2.05) is 25.3 Å². The summed E-state index contributed by atoms with van der Waals surface area (Å²) in [6, 6.07) is 11.7. The van der Waals surface area contributed by atoms with E-state index in [4.69, 9.17) is 15.5 Å². The van der Waals surface area contributed by atoms with E-state index < -0.39 is 23.2 Å². The summed E-state index contributed by atoms with van der Waals surface area (Å²) in [6.07, 6.45) is 1.73. The second-order valence-corrected chi connectivity index (χ2v) is 9.76. The number of benzene rings is 2. The minimum absolute atomic E-state index is 0.0383. The van der Waals surface area contributed by atoms with Gasteiger partial charge in [0.2, 0.25) is 11.8 Å². The maximum Gasteiger partial charge on any atom is 0.249 e. The van der Waals surface area contributed by atoms with Gasteiger partial charge in [-0.25, -0.2) is 13.8 Å². The van der Waals surface area contributed by atoms with Crippen molar-refractivity contribution < 1.29 is 23.1 Å². The first kappa shape index (κ1) is 27.0. The Kier molecular flexibility index (Phi) is 8.57. The number of hydrogen-bond donors (Lipinski definition) is 1. The molecule has 0 saturated carbocycles. The molecule has 0 aliphatic heterocycles. The Balaban J connectivity index is 2.19. The number of amides is 2. The maximum absolute atomic E-state index is 14.0. The molecule has 0 spiro atoms. The molecular weight excluding hydrogens is 466 g/mol. The zero-order valence-corrected chi connectivity index (χ0v) is 21.0. The van der Waals surface area contributed by atoms with Crippen molar-refractivity contribution in [2.45, 2.75) is 39.8 Å². The van der Waals surface area contributed by atoms with Gasteiger partial charge < -0.3 is 19.9 Å². The molecule has 0 radical (unpaired) electrons. The number of carbonyl (C=O) groups excluding carboxylic acids is 2. The molecule has 2 amide bonds. The van der Waals surface area contributed by atoms with Crippen molar-refractivity contribution in [2.24, 2.45) is 11.1 Å². The summed E-state index contributed by atoms with van der Waals surface area (Å²) in [6.45, 7) is 6.02. The fraction of sp³-hybridized carbons (Fsp3) is 0.370. The van der Waals surface area contributed by atoms with Crippen LogP contribution in [0.25, 0.3) is 11.3 Å². The summed E-state index contributed by atoms with van der Waals surface area (Å²) in [4.78, 5) is 31.2. The van der Waals surface area contributed by atoms with Gasteiger partial charge in [-0.1, -0.05) is 45.0 Å². The lowest BCUT2D eigenvalue weighted by atomic mass is 9.84. The van der Waals surface area contributed by atoms with Crippen LogP contribution in [0.2, 0.25) is 0 Å². The summed E-state index contributed by atoms with van der Waals surface area (Å²) in [5.41, 5.74) is 6.63. The van der Waals surface area contributed by atoms with Crippen molar-refractivity contribution in [1.82, 2.24) is 14.5 Å². The SMILES string of the molecule is COCC(=O)N(CCC(N)=O)[C@@H](c1nc(-c2cccc(F)c2)cn1Cc1cccc(F)c1)C(C)(C)C. The van der Waals surface area contributed by atoms with Crippen LogP contribution in [-0.4, -0.2) is 46.5 Å². The minimum Gasteiger partial charge on any atom is -0.375 e. The zero-order chi connectivity index (χ0) is 26.5. The molecule has 7 nitrogen and oxygen atoms in total. The van der Waals surface area contributed by atoms with Crippen LogP contribution >= 0.6 is 0 Å². The van der Waals surface area contributed by atoms with Gasteiger partial charge in [0.1, 0.15) is 24.1 Å². The Morgan fingerprint density at radius 2 is 1.78 bits per heavy atom. The van der Waals surface area contributed by atoms with Crippen molar-refractivity contribution in [3.05, 3.63) is 77.8 Å². The molecular formula is C27H32F2N4O3. The van der Waals surface area contributed by atoms with Crippen molar-refractivity contribution >= 4 is 11.8 Å². The Bertz CT molecular complexity index is 1220. The lowest BCUT2D eigenvalue weighted by Crippen LogP contribution is -2.45. The van der Waals surface area contributed by atoms with E-state index >= 15 is 0 Å². The van der Waals surface area contributed by atoms with Crippen molar-refractivity contribution in [3.63, 3.8) is 0 Å². The van der Waals surface area contributed by atoms with E-state index in [-0.39, 0.29) is 37.8 Å². The first-order valence-electron chi connectivity index (χ1n) is 11.6. The Morgan fingerprint density at radius 3 is 2.36 bits per heavy atom. The maximum atomic E-state index is 14.0. The van der Waals surface area contributed by atoms with E-state index in [0.29, 0.717) is 22.6 Å². The molecule has 0 aliphatic carbocycles. The fourth-order valence-electron chi connectivity index (χ4n) is 4.22. The van der Waals surface area contributed by atoms with Gasteiger partial charge >= 0.3 is 0 Å². The Hall–Kier alpha value is -3.59. The molecule has 0 aliphatic rings. The number of carbonyl (C=O) groups is 2. The first-order chi connectivity index (χ1) is 17.0. The number of rotatable bonds is 10. The number of nitrogens with two attached hydrogens (primary N) is 1. The molecule has 9 heteroatoms. The Labute approximate surface area is 209 Å². The highest BCUT2D eigenvalue weighted by molar-refractivity contribution is 5.79. The normalized spacial score (nSPS) is 12.4. The van der Waals surface area contributed by atoms with Crippen LogP contribution in [0.1, 0.15) is 44.6 Å². The number of methoxy groups -OCH3 is 1. The molecule has 2 N–H and O–H groups in total. The van der Waals surface area contributed by atoms with E-state index in [2.05, 4.69) is 0 Å². The van der Waals surface area contributed by atoms with Crippen LogP contribution in [0.5, 0.6) is 0 Å². The number of imidazole rings is 1. The van der Waals surface area contributed by atoms with Crippen LogP contribution in [0.3, 0.4) is 0 Å². The molecule has 36 heavy (non-hydrogen) atoms. The number of halogens is 2. The second kappa shape index (κ2) is 11.4. The monoisotopic (exact) mass is 498 g/mol. The molecule has 1 heterocycles. The van der Waals surface area contributed by atoms with Crippen molar-refractivity contribution in [3.8, 4) is 11.3 Å². The second-order valence-electron chi connectivity index (χ2n) is 9.76. The summed E-state index contributed by atoms with van der Waals surface area (Å²) < 4.78 is 34.9. The highest BCUT2D eigenvalue weighted by Crippen LogP contribution is 2.39. The van der Waals surface area contributed by atoms with Crippen LogP contribution in [0.4, 0.5) is 8.78 Å². The van der Waals surface area contributed by atoms with Gasteiger partial charge in [0.05, 0.1) is 11.7 Å². The molecule has 0 unspecified atom stereocenters. The van der Waals surface area contributed by atoms with Gasteiger partial charge in [0.15, 0.2) is 0 Å². The molecule has 0 bridgehead atoms. The summed E-state index contributed by atoms with van der Waals surface area (Å²) >= 11 is 0. The van der Waals surface area contributed by atoms with E-state index in [0.717, 1.165) is 0 Å². The first-order valence-corrected chi connectivity index (χ1v) is 11.6. The highest BCUT2D eigenvalue weighted by Gasteiger charge is 2.38. The topological polar surface area (TPSA) is 90.4 Å². The van der Waals surface area contributed by atoms with Gasteiger partial charge in [-0.05, 0) is 35.2 Å². The molecule has 1 aromatic heterocycles.